The molecule has 1 N–H and O–H groups in total. The van der Waals surface area contributed by atoms with Crippen molar-refractivity contribution in [2.45, 2.75) is 0 Å². The Bertz CT molecular complexity index is 478. The van der Waals surface area contributed by atoms with E-state index in [4.69, 9.17) is 11.6 Å². The maximum absolute atomic E-state index is 10.5. The molecule has 13 heavy (non-hydrogen) atoms. The van der Waals surface area contributed by atoms with Crippen molar-refractivity contribution in [3.05, 3.63) is 29.2 Å². The zero-order valence-corrected chi connectivity index (χ0v) is 7.13. The van der Waals surface area contributed by atoms with Crippen LogP contribution in [-0.4, -0.2) is 15.9 Å². The summed E-state index contributed by atoms with van der Waals surface area (Å²) in [7, 11) is 0. The minimum Gasteiger partial charge on any atom is -0.543 e. The highest BCUT2D eigenvalue weighted by molar-refractivity contribution is 6.30. The fourth-order valence-electron chi connectivity index (χ4n) is 1.11. The second-order valence-electron chi connectivity index (χ2n) is 2.56. The molecule has 4 nitrogen and oxygen atoms in total. The highest BCUT2D eigenvalue weighted by atomic mass is 35.5. The number of carbonyl (C=O) groups excluding carboxylic acids is 1. The van der Waals surface area contributed by atoms with Crippen LogP contribution in [0, 0.1) is 0 Å². The molecule has 0 aliphatic heterocycles. The number of carboxylic acid groups (broad SMARTS) is 1. The molecule has 0 atom stereocenters. The molecule has 5 heteroatoms. The van der Waals surface area contributed by atoms with Crippen LogP contribution in [0.1, 0.15) is 10.5 Å². The van der Waals surface area contributed by atoms with Gasteiger partial charge in [0.15, 0.2) is 0 Å². The van der Waals surface area contributed by atoms with E-state index in [-0.39, 0.29) is 5.69 Å². The number of halogens is 1. The number of nitrogens with zero attached hydrogens (tertiary/aromatic N) is 1. The van der Waals surface area contributed by atoms with E-state index in [1.54, 1.807) is 6.07 Å². The Balaban J connectivity index is 2.68. The van der Waals surface area contributed by atoms with Gasteiger partial charge in [-0.3, -0.25) is 0 Å². The van der Waals surface area contributed by atoms with Crippen LogP contribution in [0.5, 0.6) is 0 Å². The fourth-order valence-corrected chi connectivity index (χ4v) is 1.27. The van der Waals surface area contributed by atoms with Crippen molar-refractivity contribution in [2.24, 2.45) is 0 Å². The van der Waals surface area contributed by atoms with Crippen molar-refractivity contribution in [3.63, 3.8) is 0 Å². The van der Waals surface area contributed by atoms with E-state index in [2.05, 4.69) is 9.97 Å². The van der Waals surface area contributed by atoms with Gasteiger partial charge in [-0.25, -0.2) is 4.98 Å². The topological polar surface area (TPSA) is 68.8 Å². The summed E-state index contributed by atoms with van der Waals surface area (Å²) in [5, 5.41) is 11.5. The summed E-state index contributed by atoms with van der Waals surface area (Å²) in [5.74, 6) is -1.24. The molecule has 2 aromatic heterocycles. The van der Waals surface area contributed by atoms with Gasteiger partial charge in [0.05, 0.1) is 17.2 Å². The fraction of sp³-hybridized carbons (Fsp3) is 0. The summed E-state index contributed by atoms with van der Waals surface area (Å²) in [6.45, 7) is 0. The van der Waals surface area contributed by atoms with Crippen molar-refractivity contribution in [2.75, 3.05) is 0 Å². The summed E-state index contributed by atoms with van der Waals surface area (Å²) in [6.07, 6.45) is 1.50. The van der Waals surface area contributed by atoms with Crippen molar-refractivity contribution < 1.29 is 9.90 Å². The molecule has 0 saturated heterocycles. The molecule has 0 spiro atoms. The number of aromatic carboxylic acids is 1. The number of fused-ring (bicyclic) bond motifs is 1. The number of carboxylic acids is 1. The number of hydrogen-bond acceptors (Lipinski definition) is 3. The first kappa shape index (κ1) is 8.07. The van der Waals surface area contributed by atoms with Gasteiger partial charge in [0.2, 0.25) is 0 Å². The molecule has 0 bridgehead atoms. The average Bonchev–Trinajstić information content (AvgIpc) is 2.46. The molecule has 0 saturated carbocycles. The Morgan fingerprint density at radius 2 is 2.31 bits per heavy atom. The highest BCUT2D eigenvalue weighted by Gasteiger charge is 2.01. The van der Waals surface area contributed by atoms with Crippen molar-refractivity contribution in [3.8, 4) is 0 Å². The molecule has 2 aromatic rings. The summed E-state index contributed by atoms with van der Waals surface area (Å²) in [4.78, 5) is 16.9. The van der Waals surface area contributed by atoms with Gasteiger partial charge in [-0.15, -0.1) is 0 Å². The molecule has 2 heterocycles. The molecule has 0 radical (unpaired) electrons. The van der Waals surface area contributed by atoms with Crippen LogP contribution in [0.25, 0.3) is 10.9 Å². The summed E-state index contributed by atoms with van der Waals surface area (Å²) < 4.78 is 0. The summed E-state index contributed by atoms with van der Waals surface area (Å²) in [5.41, 5.74) is 0.665. The number of hydrogen-bond donors (Lipinski definition) is 1. The standard InChI is InChI=1S/C8H5ClN2O2/c9-7-2-5-4(3-10-7)1-6(11-5)8(12)13/h1-3,11H,(H,12,13)/p-1. The third-order valence-electron chi connectivity index (χ3n) is 1.69. The molecule has 0 aromatic carbocycles. The number of carbonyl (C=O) groups is 1. The first-order chi connectivity index (χ1) is 6.16. The first-order valence-corrected chi connectivity index (χ1v) is 3.90. The van der Waals surface area contributed by atoms with Gasteiger partial charge in [0, 0.05) is 11.6 Å². The van der Waals surface area contributed by atoms with Gasteiger partial charge in [-0.2, -0.15) is 0 Å². The maximum atomic E-state index is 10.5. The van der Waals surface area contributed by atoms with E-state index in [9.17, 15) is 9.90 Å². The minimum atomic E-state index is -1.24. The second kappa shape index (κ2) is 2.74. The van der Waals surface area contributed by atoms with E-state index < -0.39 is 5.97 Å². The van der Waals surface area contributed by atoms with E-state index in [1.807, 2.05) is 0 Å². The molecule has 2 rings (SSSR count). The molecule has 0 aliphatic rings. The Hall–Kier alpha value is -1.55. The molecule has 66 valence electrons. The van der Waals surface area contributed by atoms with E-state index >= 15 is 0 Å². The third-order valence-corrected chi connectivity index (χ3v) is 1.90. The quantitative estimate of drug-likeness (QED) is 0.677. The Morgan fingerprint density at radius 1 is 1.54 bits per heavy atom. The molecular weight excluding hydrogens is 192 g/mol. The van der Waals surface area contributed by atoms with Crippen molar-refractivity contribution in [1.82, 2.24) is 9.97 Å². The number of aromatic nitrogens is 2. The van der Waals surface area contributed by atoms with Crippen LogP contribution in [0.3, 0.4) is 0 Å². The van der Waals surface area contributed by atoms with Crippen molar-refractivity contribution in [1.29, 1.82) is 0 Å². The predicted octanol–water partition coefficient (Wildman–Crippen LogP) is 0.580. The lowest BCUT2D eigenvalue weighted by molar-refractivity contribution is -0.255. The average molecular weight is 196 g/mol. The molecule has 0 amide bonds. The lowest BCUT2D eigenvalue weighted by atomic mass is 10.3. The SMILES string of the molecule is O=C([O-])c1cc2cnc(Cl)cc2[nH]1. The first-order valence-electron chi connectivity index (χ1n) is 3.52. The number of H-pyrrole nitrogens is 1. The van der Waals surface area contributed by atoms with Gasteiger partial charge < -0.3 is 14.9 Å². The van der Waals surface area contributed by atoms with Crippen molar-refractivity contribution >= 4 is 28.5 Å². The second-order valence-corrected chi connectivity index (χ2v) is 2.95. The Kier molecular flexibility index (Phi) is 1.70. The smallest absolute Gasteiger partial charge is 0.131 e. The van der Waals surface area contributed by atoms with Crippen LogP contribution < -0.4 is 5.11 Å². The maximum Gasteiger partial charge on any atom is 0.131 e. The monoisotopic (exact) mass is 195 g/mol. The largest absolute Gasteiger partial charge is 0.543 e. The molecule has 0 aliphatic carbocycles. The molecular formula is C8H4ClN2O2-. The molecule has 0 unspecified atom stereocenters. The predicted molar refractivity (Wildman–Crippen MR) is 45.4 cm³/mol. The summed E-state index contributed by atoms with van der Waals surface area (Å²) >= 11 is 5.61. The zero-order valence-electron chi connectivity index (χ0n) is 6.37. The van der Waals surface area contributed by atoms with Crippen LogP contribution in [-0.2, 0) is 0 Å². The van der Waals surface area contributed by atoms with Gasteiger partial charge in [-0.1, -0.05) is 11.6 Å². The van der Waals surface area contributed by atoms with Gasteiger partial charge in [0.1, 0.15) is 5.15 Å². The van der Waals surface area contributed by atoms with Gasteiger partial charge in [-0.05, 0) is 12.1 Å². The van der Waals surface area contributed by atoms with Gasteiger partial charge >= 0.3 is 0 Å². The number of nitrogens with one attached hydrogen (secondary N) is 1. The zero-order chi connectivity index (χ0) is 9.42. The van der Waals surface area contributed by atoms with Crippen LogP contribution in [0.4, 0.5) is 0 Å². The molecule has 0 fully saturated rings. The normalized spacial score (nSPS) is 10.5. The van der Waals surface area contributed by atoms with Gasteiger partial charge in [0.25, 0.3) is 0 Å². The highest BCUT2D eigenvalue weighted by Crippen LogP contribution is 2.16. The lowest BCUT2D eigenvalue weighted by Crippen LogP contribution is -2.22. The summed E-state index contributed by atoms with van der Waals surface area (Å²) in [6, 6.07) is 3.01. The van der Waals surface area contributed by atoms with E-state index in [0.717, 1.165) is 0 Å². The number of aromatic amines is 1. The Labute approximate surface area is 78.2 Å². The lowest BCUT2D eigenvalue weighted by Gasteiger charge is -1.93. The van der Waals surface area contributed by atoms with Crippen LogP contribution in [0.2, 0.25) is 5.15 Å². The van der Waals surface area contributed by atoms with Crippen LogP contribution in [0.15, 0.2) is 18.3 Å². The third kappa shape index (κ3) is 1.36. The van der Waals surface area contributed by atoms with E-state index in [1.165, 1.54) is 12.3 Å². The van der Waals surface area contributed by atoms with Crippen LogP contribution >= 0.6 is 11.6 Å². The Morgan fingerprint density at radius 3 is 3.00 bits per heavy atom. The minimum absolute atomic E-state index is 0.0269. The number of rotatable bonds is 1. The number of pyridine rings is 1. The van der Waals surface area contributed by atoms with E-state index in [0.29, 0.717) is 16.1 Å².